The number of carbonyl (C=O) groups excluding carboxylic acids is 1. The number of nitrogens with two attached hydrogens (primary N) is 1. The van der Waals surface area contributed by atoms with E-state index in [9.17, 15) is 4.79 Å². The van der Waals surface area contributed by atoms with E-state index in [4.69, 9.17) is 5.73 Å². The van der Waals surface area contributed by atoms with Gasteiger partial charge in [0.15, 0.2) is 5.78 Å². The molecule has 0 spiro atoms. The van der Waals surface area contributed by atoms with E-state index in [2.05, 4.69) is 0 Å². The second-order valence-corrected chi connectivity index (χ2v) is 4.80. The van der Waals surface area contributed by atoms with Crippen LogP contribution in [-0.2, 0) is 0 Å². The van der Waals surface area contributed by atoms with E-state index in [1.54, 1.807) is 0 Å². The van der Waals surface area contributed by atoms with Crippen molar-refractivity contribution in [3.8, 4) is 0 Å². The summed E-state index contributed by atoms with van der Waals surface area (Å²) in [5.74, 6) is 0.866. The van der Waals surface area contributed by atoms with E-state index in [0.717, 1.165) is 16.8 Å². The number of hydrogen-bond acceptors (Lipinski definition) is 2. The summed E-state index contributed by atoms with van der Waals surface area (Å²) in [7, 11) is 0. The minimum Gasteiger partial charge on any atom is -0.398 e. The number of anilines is 1. The van der Waals surface area contributed by atoms with Gasteiger partial charge in [-0.05, 0) is 24.5 Å². The quantitative estimate of drug-likeness (QED) is 0.623. The molecule has 0 amide bonds. The third kappa shape index (κ3) is 2.26. The molecule has 1 aromatic carbocycles. The molecule has 86 valence electrons. The average molecular weight is 217 g/mol. The van der Waals surface area contributed by atoms with Crippen molar-refractivity contribution < 1.29 is 4.79 Å². The molecule has 2 rings (SSSR count). The van der Waals surface area contributed by atoms with E-state index in [1.165, 1.54) is 25.7 Å². The van der Waals surface area contributed by atoms with E-state index < -0.39 is 0 Å². The monoisotopic (exact) mass is 217 g/mol. The van der Waals surface area contributed by atoms with Crippen LogP contribution in [0.4, 0.5) is 5.69 Å². The van der Waals surface area contributed by atoms with Crippen LogP contribution in [0.15, 0.2) is 18.2 Å². The number of ketones is 1. The zero-order valence-electron chi connectivity index (χ0n) is 9.83. The third-order valence-corrected chi connectivity index (χ3v) is 3.62. The van der Waals surface area contributed by atoms with Gasteiger partial charge in [-0.2, -0.15) is 0 Å². The molecule has 1 saturated carbocycles. The fourth-order valence-corrected chi connectivity index (χ4v) is 2.54. The molecular weight excluding hydrogens is 198 g/mol. The summed E-state index contributed by atoms with van der Waals surface area (Å²) in [6.45, 7) is 1.93. The molecule has 0 radical (unpaired) electrons. The number of nitrogen functional groups attached to an aromatic ring is 1. The highest BCUT2D eigenvalue weighted by molar-refractivity contribution is 5.98. The Labute approximate surface area is 96.8 Å². The lowest BCUT2D eigenvalue weighted by atomic mass is 9.94. The lowest BCUT2D eigenvalue weighted by Crippen LogP contribution is -2.08. The number of rotatable bonds is 3. The highest BCUT2D eigenvalue weighted by Crippen LogP contribution is 2.29. The fourth-order valence-electron chi connectivity index (χ4n) is 2.54. The topological polar surface area (TPSA) is 43.1 Å². The predicted molar refractivity (Wildman–Crippen MR) is 66.5 cm³/mol. The fraction of sp³-hybridized carbons (Fsp3) is 0.500. The standard InChI is InChI=1S/C14H19NO/c1-10-12(7-4-8-13(10)15)14(16)9-11-5-2-3-6-11/h4,7-8,11H,2-3,5-6,9,15H2,1H3. The Balaban J connectivity index is 2.11. The van der Waals surface area contributed by atoms with Crippen LogP contribution in [0.25, 0.3) is 0 Å². The van der Waals surface area contributed by atoms with E-state index >= 15 is 0 Å². The summed E-state index contributed by atoms with van der Waals surface area (Å²) in [4.78, 5) is 12.1. The Hall–Kier alpha value is -1.31. The summed E-state index contributed by atoms with van der Waals surface area (Å²) in [5.41, 5.74) is 8.28. The molecule has 1 aliphatic rings. The summed E-state index contributed by atoms with van der Waals surface area (Å²) in [6.07, 6.45) is 5.70. The van der Waals surface area contributed by atoms with Gasteiger partial charge in [-0.25, -0.2) is 0 Å². The Morgan fingerprint density at radius 1 is 1.38 bits per heavy atom. The van der Waals surface area contributed by atoms with Crippen molar-refractivity contribution in [1.82, 2.24) is 0 Å². The molecule has 0 saturated heterocycles. The predicted octanol–water partition coefficient (Wildman–Crippen LogP) is 3.34. The minimum atomic E-state index is 0.261. The third-order valence-electron chi connectivity index (χ3n) is 3.62. The first-order chi connectivity index (χ1) is 7.68. The molecule has 1 aromatic rings. The Kier molecular flexibility index (Phi) is 3.28. The molecule has 2 heteroatoms. The number of benzene rings is 1. The number of hydrogen-bond donors (Lipinski definition) is 1. The Morgan fingerprint density at radius 3 is 2.75 bits per heavy atom. The van der Waals surface area contributed by atoms with Crippen LogP contribution in [0.3, 0.4) is 0 Å². The first-order valence-corrected chi connectivity index (χ1v) is 6.07. The highest BCUT2D eigenvalue weighted by atomic mass is 16.1. The lowest BCUT2D eigenvalue weighted by molar-refractivity contribution is 0.0961. The second kappa shape index (κ2) is 4.69. The van der Waals surface area contributed by atoms with Crippen molar-refractivity contribution >= 4 is 11.5 Å². The molecule has 0 aliphatic heterocycles. The molecule has 2 N–H and O–H groups in total. The molecule has 0 unspecified atom stereocenters. The zero-order valence-corrected chi connectivity index (χ0v) is 9.83. The van der Waals surface area contributed by atoms with Gasteiger partial charge in [-0.1, -0.05) is 37.8 Å². The van der Waals surface area contributed by atoms with Crippen LogP contribution in [0, 0.1) is 12.8 Å². The first-order valence-electron chi connectivity index (χ1n) is 6.07. The van der Waals surface area contributed by atoms with Gasteiger partial charge in [-0.3, -0.25) is 4.79 Å². The normalized spacial score (nSPS) is 16.6. The molecular formula is C14H19NO. The molecule has 2 nitrogen and oxygen atoms in total. The Morgan fingerprint density at radius 2 is 2.06 bits per heavy atom. The van der Waals surface area contributed by atoms with Crippen LogP contribution in [0.1, 0.15) is 48.0 Å². The minimum absolute atomic E-state index is 0.261. The number of carbonyl (C=O) groups is 1. The van der Waals surface area contributed by atoms with Gasteiger partial charge in [0.2, 0.25) is 0 Å². The smallest absolute Gasteiger partial charge is 0.163 e. The van der Waals surface area contributed by atoms with Crippen molar-refractivity contribution in [2.45, 2.75) is 39.0 Å². The molecule has 16 heavy (non-hydrogen) atoms. The molecule has 1 aliphatic carbocycles. The van der Waals surface area contributed by atoms with Crippen molar-refractivity contribution in [3.63, 3.8) is 0 Å². The SMILES string of the molecule is Cc1c(N)cccc1C(=O)CC1CCCC1. The van der Waals surface area contributed by atoms with Gasteiger partial charge in [0.05, 0.1) is 0 Å². The summed E-state index contributed by atoms with van der Waals surface area (Å²) >= 11 is 0. The maximum Gasteiger partial charge on any atom is 0.163 e. The van der Waals surface area contributed by atoms with Gasteiger partial charge in [-0.15, -0.1) is 0 Å². The number of Topliss-reactive ketones (excluding diaryl/α,β-unsaturated/α-hetero) is 1. The molecule has 0 atom stereocenters. The maximum atomic E-state index is 12.1. The summed E-state index contributed by atoms with van der Waals surface area (Å²) in [5, 5.41) is 0. The van der Waals surface area contributed by atoms with Crippen molar-refractivity contribution in [2.24, 2.45) is 5.92 Å². The summed E-state index contributed by atoms with van der Waals surface area (Å²) < 4.78 is 0. The summed E-state index contributed by atoms with van der Waals surface area (Å²) in [6, 6.07) is 5.61. The van der Waals surface area contributed by atoms with Crippen molar-refractivity contribution in [1.29, 1.82) is 0 Å². The van der Waals surface area contributed by atoms with Gasteiger partial charge < -0.3 is 5.73 Å². The first kappa shape index (κ1) is 11.2. The highest BCUT2D eigenvalue weighted by Gasteiger charge is 2.20. The molecule has 1 fully saturated rings. The molecule has 0 aromatic heterocycles. The van der Waals surface area contributed by atoms with Crippen LogP contribution in [-0.4, -0.2) is 5.78 Å². The van der Waals surface area contributed by atoms with E-state index in [-0.39, 0.29) is 5.78 Å². The molecule has 0 bridgehead atoms. The van der Waals surface area contributed by atoms with Crippen molar-refractivity contribution in [3.05, 3.63) is 29.3 Å². The molecule has 0 heterocycles. The van der Waals surface area contributed by atoms with Crippen LogP contribution < -0.4 is 5.73 Å². The maximum absolute atomic E-state index is 12.1. The van der Waals surface area contributed by atoms with Crippen LogP contribution >= 0.6 is 0 Å². The van der Waals surface area contributed by atoms with Gasteiger partial charge in [0.1, 0.15) is 0 Å². The second-order valence-electron chi connectivity index (χ2n) is 4.80. The van der Waals surface area contributed by atoms with E-state index in [1.807, 2.05) is 25.1 Å². The van der Waals surface area contributed by atoms with Crippen LogP contribution in [0.5, 0.6) is 0 Å². The van der Waals surface area contributed by atoms with Gasteiger partial charge in [0, 0.05) is 17.7 Å². The van der Waals surface area contributed by atoms with Crippen molar-refractivity contribution in [2.75, 3.05) is 5.73 Å². The lowest BCUT2D eigenvalue weighted by Gasteiger charge is -2.10. The van der Waals surface area contributed by atoms with Gasteiger partial charge >= 0.3 is 0 Å². The van der Waals surface area contributed by atoms with E-state index in [0.29, 0.717) is 12.3 Å². The largest absolute Gasteiger partial charge is 0.398 e. The zero-order chi connectivity index (χ0) is 11.5. The average Bonchev–Trinajstić information content (AvgIpc) is 2.74. The van der Waals surface area contributed by atoms with Crippen LogP contribution in [0.2, 0.25) is 0 Å². The van der Waals surface area contributed by atoms with Gasteiger partial charge in [0.25, 0.3) is 0 Å². The Bertz CT molecular complexity index is 392.